The molecule has 0 aliphatic carbocycles. The van der Waals surface area contributed by atoms with Crippen molar-refractivity contribution in [1.82, 2.24) is 19.7 Å². The molecule has 0 unspecified atom stereocenters. The lowest BCUT2D eigenvalue weighted by atomic mass is 10.1. The van der Waals surface area contributed by atoms with E-state index in [9.17, 15) is 32.0 Å². The highest BCUT2D eigenvalue weighted by Gasteiger charge is 2.42. The van der Waals surface area contributed by atoms with E-state index in [0.29, 0.717) is 21.5 Å². The molecule has 4 rings (SSSR count). The van der Waals surface area contributed by atoms with Crippen LogP contribution >= 0.6 is 11.6 Å². The molecule has 0 saturated carbocycles. The predicted octanol–water partition coefficient (Wildman–Crippen LogP) is 2.83. The molecule has 3 aromatic rings. The molecule has 14 heteroatoms. The number of aromatic nitrogens is 1. The second-order valence-electron chi connectivity index (χ2n) is 7.87. The number of nitrogens with one attached hydrogen (secondary N) is 1. The topological polar surface area (TPSA) is 129 Å². The zero-order valence-electron chi connectivity index (χ0n) is 18.8. The van der Waals surface area contributed by atoms with E-state index in [4.69, 9.17) is 16.3 Å². The van der Waals surface area contributed by atoms with Gasteiger partial charge in [0.05, 0.1) is 10.5 Å². The van der Waals surface area contributed by atoms with Crippen molar-refractivity contribution in [3.8, 4) is 11.5 Å². The van der Waals surface area contributed by atoms with E-state index in [-0.39, 0.29) is 17.9 Å². The Bertz CT molecular complexity index is 1400. The largest absolute Gasteiger partial charge is 0.451 e. The van der Waals surface area contributed by atoms with Crippen molar-refractivity contribution >= 4 is 33.4 Å². The summed E-state index contributed by atoms with van der Waals surface area (Å²) in [6.07, 6.45) is 2.78. The van der Waals surface area contributed by atoms with Gasteiger partial charge in [0.25, 0.3) is 11.8 Å². The second kappa shape index (κ2) is 10.8. The zero-order valence-corrected chi connectivity index (χ0v) is 20.4. The standard InChI is InChI=1S/C23H19ClF2N4O6S/c24-15-3-5-16(6-4-15)36-21-18(25)10-17(11-19(21)26)37(34,35)30-9-8-29(13-20(30)22(31)28-33)23(32)14-2-1-7-27-12-14/h1-7,10-12,20,33H,8-9,13H2,(H,28,31)/t20-/m1/s1. The molecule has 2 N–H and O–H groups in total. The van der Waals surface area contributed by atoms with Gasteiger partial charge < -0.3 is 9.64 Å². The Morgan fingerprint density at radius 2 is 1.78 bits per heavy atom. The summed E-state index contributed by atoms with van der Waals surface area (Å²) < 4.78 is 62.1. The van der Waals surface area contributed by atoms with Crippen LogP contribution in [0.2, 0.25) is 5.02 Å². The summed E-state index contributed by atoms with van der Waals surface area (Å²) in [7, 11) is -4.66. The van der Waals surface area contributed by atoms with Crippen molar-refractivity contribution in [3.05, 3.63) is 83.1 Å². The van der Waals surface area contributed by atoms with Crippen molar-refractivity contribution < 1.29 is 36.7 Å². The van der Waals surface area contributed by atoms with Crippen LogP contribution in [0.3, 0.4) is 0 Å². The van der Waals surface area contributed by atoms with E-state index in [1.165, 1.54) is 59.2 Å². The smallest absolute Gasteiger partial charge is 0.263 e. The van der Waals surface area contributed by atoms with Crippen molar-refractivity contribution in [2.45, 2.75) is 10.9 Å². The van der Waals surface area contributed by atoms with Gasteiger partial charge in [0.1, 0.15) is 11.8 Å². The van der Waals surface area contributed by atoms with Crippen molar-refractivity contribution in [3.63, 3.8) is 0 Å². The minimum absolute atomic E-state index is 0.0619. The molecule has 2 heterocycles. The highest BCUT2D eigenvalue weighted by atomic mass is 35.5. The normalized spacial score (nSPS) is 16.3. The number of hydrogen-bond acceptors (Lipinski definition) is 7. The number of nitrogens with zero attached hydrogens (tertiary/aromatic N) is 3. The predicted molar refractivity (Wildman–Crippen MR) is 126 cm³/mol. The van der Waals surface area contributed by atoms with Gasteiger partial charge in [-0.05, 0) is 48.5 Å². The van der Waals surface area contributed by atoms with Crippen LogP contribution < -0.4 is 10.2 Å². The van der Waals surface area contributed by atoms with Crippen LogP contribution in [-0.2, 0) is 14.8 Å². The minimum atomic E-state index is -4.66. The number of carbonyl (C=O) groups excluding carboxylic acids is 2. The SMILES string of the molecule is O=C(NO)[C@H]1CN(C(=O)c2cccnc2)CCN1S(=O)(=O)c1cc(F)c(Oc2ccc(Cl)cc2)c(F)c1. The molecule has 1 aliphatic rings. The lowest BCUT2D eigenvalue weighted by molar-refractivity contribution is -0.134. The molecule has 37 heavy (non-hydrogen) atoms. The summed E-state index contributed by atoms with van der Waals surface area (Å²) in [5, 5.41) is 9.56. The molecule has 0 spiro atoms. The first-order valence-electron chi connectivity index (χ1n) is 10.7. The number of ether oxygens (including phenoxy) is 1. The van der Waals surface area contributed by atoms with E-state index in [2.05, 4.69) is 4.98 Å². The fourth-order valence-electron chi connectivity index (χ4n) is 3.74. The van der Waals surface area contributed by atoms with Gasteiger partial charge in [0.2, 0.25) is 10.0 Å². The lowest BCUT2D eigenvalue weighted by Crippen LogP contribution is -2.61. The first kappa shape index (κ1) is 26.4. The number of sulfonamides is 1. The molecule has 0 bridgehead atoms. The summed E-state index contributed by atoms with van der Waals surface area (Å²) in [5.74, 6) is -5.02. The van der Waals surface area contributed by atoms with E-state index in [1.807, 2.05) is 0 Å². The van der Waals surface area contributed by atoms with E-state index >= 15 is 0 Å². The van der Waals surface area contributed by atoms with E-state index in [0.717, 1.165) is 0 Å². The van der Waals surface area contributed by atoms with Crippen LogP contribution in [-0.4, -0.2) is 65.3 Å². The number of piperazine rings is 1. The summed E-state index contributed by atoms with van der Waals surface area (Å²) in [5.41, 5.74) is 1.59. The monoisotopic (exact) mass is 552 g/mol. The number of halogens is 3. The van der Waals surface area contributed by atoms with Gasteiger partial charge >= 0.3 is 0 Å². The lowest BCUT2D eigenvalue weighted by Gasteiger charge is -2.39. The number of benzene rings is 2. The molecule has 2 amide bonds. The van der Waals surface area contributed by atoms with Gasteiger partial charge in [-0.1, -0.05) is 11.6 Å². The van der Waals surface area contributed by atoms with Crippen LogP contribution in [0.4, 0.5) is 8.78 Å². The third-order valence-corrected chi connectivity index (χ3v) is 7.69. The Balaban J connectivity index is 1.61. The van der Waals surface area contributed by atoms with Gasteiger partial charge in [0, 0.05) is 37.1 Å². The Morgan fingerprint density at radius 1 is 1.11 bits per heavy atom. The number of hydrogen-bond donors (Lipinski definition) is 2. The van der Waals surface area contributed by atoms with Crippen LogP contribution in [0.1, 0.15) is 10.4 Å². The molecule has 10 nitrogen and oxygen atoms in total. The Kier molecular flexibility index (Phi) is 7.68. The average Bonchev–Trinajstić information content (AvgIpc) is 2.90. The third kappa shape index (κ3) is 5.54. The van der Waals surface area contributed by atoms with E-state index in [1.54, 1.807) is 0 Å². The summed E-state index contributed by atoms with van der Waals surface area (Å²) >= 11 is 5.78. The van der Waals surface area contributed by atoms with Crippen LogP contribution in [0.15, 0.2) is 65.8 Å². The summed E-state index contributed by atoms with van der Waals surface area (Å²) in [6, 6.07) is 8.20. The first-order valence-corrected chi connectivity index (χ1v) is 12.5. The van der Waals surface area contributed by atoms with Gasteiger partial charge in [0.15, 0.2) is 17.4 Å². The maximum atomic E-state index is 14.8. The van der Waals surface area contributed by atoms with Gasteiger partial charge in [-0.15, -0.1) is 0 Å². The fourth-order valence-corrected chi connectivity index (χ4v) is 5.46. The average molecular weight is 553 g/mol. The van der Waals surface area contributed by atoms with E-state index < -0.39 is 63.2 Å². The molecule has 194 valence electrons. The third-order valence-electron chi connectivity index (χ3n) is 5.55. The molecule has 1 atom stereocenters. The molecular weight excluding hydrogens is 534 g/mol. The Morgan fingerprint density at radius 3 is 2.38 bits per heavy atom. The number of pyridine rings is 1. The maximum Gasteiger partial charge on any atom is 0.263 e. The molecule has 1 fully saturated rings. The molecule has 0 radical (unpaired) electrons. The molecule has 2 aromatic carbocycles. The molecule has 1 aromatic heterocycles. The first-order chi connectivity index (χ1) is 17.6. The number of hydroxylamine groups is 1. The van der Waals surface area contributed by atoms with Gasteiger partial charge in [-0.3, -0.25) is 19.8 Å². The van der Waals surface area contributed by atoms with Crippen LogP contribution in [0.5, 0.6) is 11.5 Å². The van der Waals surface area contributed by atoms with Crippen molar-refractivity contribution in [2.75, 3.05) is 19.6 Å². The Hall–Kier alpha value is -3.65. The number of rotatable bonds is 6. The fraction of sp³-hybridized carbons (Fsp3) is 0.174. The molecule has 1 saturated heterocycles. The molecule has 1 aliphatic heterocycles. The number of carbonyl (C=O) groups is 2. The highest BCUT2D eigenvalue weighted by molar-refractivity contribution is 7.89. The molecular formula is C23H19ClF2N4O6S. The zero-order chi connectivity index (χ0) is 26.7. The van der Waals surface area contributed by atoms with Crippen LogP contribution in [0, 0.1) is 11.6 Å². The van der Waals surface area contributed by atoms with Crippen molar-refractivity contribution in [1.29, 1.82) is 0 Å². The number of amides is 2. The summed E-state index contributed by atoms with van der Waals surface area (Å²) in [6.45, 7) is -0.953. The van der Waals surface area contributed by atoms with Crippen LogP contribution in [0.25, 0.3) is 0 Å². The maximum absolute atomic E-state index is 14.8. The highest BCUT2D eigenvalue weighted by Crippen LogP contribution is 2.32. The minimum Gasteiger partial charge on any atom is -0.451 e. The second-order valence-corrected chi connectivity index (χ2v) is 10.2. The van der Waals surface area contributed by atoms with Crippen molar-refractivity contribution in [2.24, 2.45) is 0 Å². The quantitative estimate of drug-likeness (QED) is 0.355. The summed E-state index contributed by atoms with van der Waals surface area (Å²) in [4.78, 5) is 29.5. The Labute approximate surface area is 215 Å². The van der Waals surface area contributed by atoms with Gasteiger partial charge in [-0.2, -0.15) is 4.31 Å². The van der Waals surface area contributed by atoms with Gasteiger partial charge in [-0.25, -0.2) is 22.7 Å².